The van der Waals surface area contributed by atoms with Crippen LogP contribution in [-0.4, -0.2) is 80.3 Å². The zero-order valence-corrected chi connectivity index (χ0v) is 17.8. The summed E-state index contributed by atoms with van der Waals surface area (Å²) in [5, 5.41) is 0. The lowest BCUT2D eigenvalue weighted by Gasteiger charge is -2.28. The van der Waals surface area contributed by atoms with E-state index in [0.717, 1.165) is 4.90 Å². The molecular formula is C18H21BrN2O6S. The second-order valence-electron chi connectivity index (χ2n) is 6.84. The second-order valence-corrected chi connectivity index (χ2v) is 9.98. The molecule has 0 aliphatic carbocycles. The van der Waals surface area contributed by atoms with E-state index in [4.69, 9.17) is 4.74 Å². The fraction of sp³-hybridized carbons (Fsp3) is 0.500. The van der Waals surface area contributed by atoms with Crippen LogP contribution in [0.3, 0.4) is 0 Å². The molecule has 0 N–H and O–H groups in total. The Morgan fingerprint density at radius 2 is 2.00 bits per heavy atom. The van der Waals surface area contributed by atoms with Gasteiger partial charge in [0.2, 0.25) is 5.91 Å². The van der Waals surface area contributed by atoms with Crippen molar-refractivity contribution in [1.29, 1.82) is 0 Å². The van der Waals surface area contributed by atoms with Gasteiger partial charge in [-0.25, -0.2) is 8.42 Å². The van der Waals surface area contributed by atoms with E-state index < -0.39 is 27.7 Å². The summed E-state index contributed by atoms with van der Waals surface area (Å²) in [6.07, 6.45) is 0.325. The molecule has 0 radical (unpaired) electrons. The highest BCUT2D eigenvalue weighted by molar-refractivity contribution is 9.10. The Bertz CT molecular complexity index is 917. The van der Waals surface area contributed by atoms with Gasteiger partial charge in [0.15, 0.2) is 9.84 Å². The van der Waals surface area contributed by atoms with Crippen molar-refractivity contribution in [3.63, 3.8) is 0 Å². The minimum atomic E-state index is -3.15. The quantitative estimate of drug-likeness (QED) is 0.550. The van der Waals surface area contributed by atoms with Gasteiger partial charge in [-0.2, -0.15) is 0 Å². The maximum Gasteiger partial charge on any atom is 0.261 e. The molecule has 1 fully saturated rings. The minimum Gasteiger partial charge on any atom is -0.383 e. The summed E-state index contributed by atoms with van der Waals surface area (Å²) in [5.41, 5.74) is 0.628. The molecular weight excluding hydrogens is 452 g/mol. The van der Waals surface area contributed by atoms with Crippen LogP contribution in [0, 0.1) is 0 Å². The largest absolute Gasteiger partial charge is 0.383 e. The molecule has 0 saturated carbocycles. The van der Waals surface area contributed by atoms with Crippen molar-refractivity contribution in [3.05, 3.63) is 33.8 Å². The number of halogens is 1. The fourth-order valence-corrected chi connectivity index (χ4v) is 5.63. The zero-order valence-electron chi connectivity index (χ0n) is 15.4. The van der Waals surface area contributed by atoms with Gasteiger partial charge in [-0.1, -0.05) is 15.9 Å². The Balaban J connectivity index is 1.68. The number of ether oxygens (including phenoxy) is 1. The van der Waals surface area contributed by atoms with Crippen molar-refractivity contribution < 1.29 is 27.5 Å². The fourth-order valence-electron chi connectivity index (χ4n) is 3.54. The van der Waals surface area contributed by atoms with Crippen LogP contribution in [0.1, 0.15) is 33.6 Å². The molecule has 10 heteroatoms. The molecule has 0 aromatic heterocycles. The van der Waals surface area contributed by atoms with Gasteiger partial charge in [0.1, 0.15) is 0 Å². The Labute approximate surface area is 171 Å². The number of fused-ring (bicyclic) bond motifs is 1. The van der Waals surface area contributed by atoms with Crippen LogP contribution in [0.2, 0.25) is 0 Å². The van der Waals surface area contributed by atoms with Crippen molar-refractivity contribution in [2.24, 2.45) is 0 Å². The number of sulfone groups is 1. The predicted molar refractivity (Wildman–Crippen MR) is 105 cm³/mol. The Hall–Kier alpha value is -1.78. The highest BCUT2D eigenvalue weighted by Crippen LogP contribution is 2.26. The third kappa shape index (κ3) is 4.28. The predicted octanol–water partition coefficient (Wildman–Crippen LogP) is 1.10. The first kappa shape index (κ1) is 20.9. The molecule has 1 atom stereocenters. The number of carbonyl (C=O) groups excluding carboxylic acids is 3. The van der Waals surface area contributed by atoms with E-state index >= 15 is 0 Å². The third-order valence-electron chi connectivity index (χ3n) is 4.99. The van der Waals surface area contributed by atoms with Gasteiger partial charge in [0, 0.05) is 37.1 Å². The summed E-state index contributed by atoms with van der Waals surface area (Å²) in [6.45, 7) is 0.500. The first-order chi connectivity index (χ1) is 13.2. The van der Waals surface area contributed by atoms with E-state index in [1.54, 1.807) is 18.2 Å². The summed E-state index contributed by atoms with van der Waals surface area (Å²) in [5.74, 6) is -1.16. The van der Waals surface area contributed by atoms with E-state index in [-0.39, 0.29) is 43.5 Å². The second kappa shape index (κ2) is 8.30. The highest BCUT2D eigenvalue weighted by atomic mass is 79.9. The first-order valence-corrected chi connectivity index (χ1v) is 11.5. The van der Waals surface area contributed by atoms with Crippen LogP contribution in [0.4, 0.5) is 0 Å². The van der Waals surface area contributed by atoms with Crippen LogP contribution < -0.4 is 0 Å². The topological polar surface area (TPSA) is 101 Å². The molecule has 8 nitrogen and oxygen atoms in total. The monoisotopic (exact) mass is 472 g/mol. The van der Waals surface area contributed by atoms with Crippen molar-refractivity contribution in [2.45, 2.75) is 18.9 Å². The van der Waals surface area contributed by atoms with Crippen LogP contribution in [0.15, 0.2) is 22.7 Å². The van der Waals surface area contributed by atoms with Gasteiger partial charge in [-0.05, 0) is 24.6 Å². The van der Waals surface area contributed by atoms with Gasteiger partial charge >= 0.3 is 0 Å². The van der Waals surface area contributed by atoms with Crippen molar-refractivity contribution >= 4 is 43.5 Å². The summed E-state index contributed by atoms with van der Waals surface area (Å²) in [6, 6.07) is 4.46. The Morgan fingerprint density at radius 3 is 2.64 bits per heavy atom. The molecule has 152 valence electrons. The number of rotatable bonds is 7. The maximum atomic E-state index is 12.8. The molecule has 1 aromatic carbocycles. The standard InChI is InChI=1S/C18H21BrN2O6S/c1-27-8-7-20(13-5-9-28(25,26)11-13)16(22)4-6-21-17(23)14-3-2-12(19)10-15(14)18(21)24/h2-3,10,13H,4-9,11H2,1H3/t13-/m1/s1. The Kier molecular flexibility index (Phi) is 6.21. The molecule has 28 heavy (non-hydrogen) atoms. The number of hydrogen-bond acceptors (Lipinski definition) is 6. The molecule has 1 aromatic rings. The van der Waals surface area contributed by atoms with Crippen LogP contribution in [0.5, 0.6) is 0 Å². The van der Waals surface area contributed by atoms with E-state index in [1.165, 1.54) is 12.0 Å². The van der Waals surface area contributed by atoms with Crippen molar-refractivity contribution in [1.82, 2.24) is 9.80 Å². The smallest absolute Gasteiger partial charge is 0.261 e. The first-order valence-electron chi connectivity index (χ1n) is 8.88. The lowest BCUT2D eigenvalue weighted by molar-refractivity contribution is -0.133. The van der Waals surface area contributed by atoms with Gasteiger partial charge < -0.3 is 9.64 Å². The zero-order chi connectivity index (χ0) is 20.5. The molecule has 2 heterocycles. The minimum absolute atomic E-state index is 0.0499. The summed E-state index contributed by atoms with van der Waals surface area (Å²) in [7, 11) is -1.64. The number of imide groups is 1. The normalized spacial score (nSPS) is 20.5. The average molecular weight is 473 g/mol. The molecule has 2 aliphatic rings. The van der Waals surface area contributed by atoms with Gasteiger partial charge in [-0.3, -0.25) is 19.3 Å². The average Bonchev–Trinajstić information content (AvgIpc) is 3.11. The summed E-state index contributed by atoms with van der Waals surface area (Å²) in [4.78, 5) is 40.3. The lowest BCUT2D eigenvalue weighted by atomic mass is 10.1. The third-order valence-corrected chi connectivity index (χ3v) is 7.23. The van der Waals surface area contributed by atoms with Crippen LogP contribution >= 0.6 is 15.9 Å². The van der Waals surface area contributed by atoms with Gasteiger partial charge in [0.25, 0.3) is 11.8 Å². The van der Waals surface area contributed by atoms with Crippen LogP contribution in [-0.2, 0) is 19.4 Å². The van der Waals surface area contributed by atoms with Gasteiger partial charge in [-0.15, -0.1) is 0 Å². The number of amides is 3. The highest BCUT2D eigenvalue weighted by Gasteiger charge is 2.37. The lowest BCUT2D eigenvalue weighted by Crippen LogP contribution is -2.44. The number of hydrogen-bond donors (Lipinski definition) is 0. The molecule has 0 unspecified atom stereocenters. The van der Waals surface area contributed by atoms with Gasteiger partial charge in [0.05, 0.1) is 29.2 Å². The Morgan fingerprint density at radius 1 is 1.29 bits per heavy atom. The van der Waals surface area contributed by atoms with E-state index in [1.807, 2.05) is 0 Å². The molecule has 2 aliphatic heterocycles. The van der Waals surface area contributed by atoms with Crippen molar-refractivity contribution in [3.8, 4) is 0 Å². The summed E-state index contributed by atoms with van der Waals surface area (Å²) < 4.78 is 29.3. The van der Waals surface area contributed by atoms with E-state index in [9.17, 15) is 22.8 Å². The van der Waals surface area contributed by atoms with Crippen LogP contribution in [0.25, 0.3) is 0 Å². The molecule has 3 rings (SSSR count). The number of carbonyl (C=O) groups is 3. The number of methoxy groups -OCH3 is 1. The molecule has 3 amide bonds. The SMILES string of the molecule is COCCN(C(=O)CCN1C(=O)c2ccc(Br)cc2C1=O)[C@@H]1CCS(=O)(=O)C1. The van der Waals surface area contributed by atoms with E-state index in [0.29, 0.717) is 22.0 Å². The molecule has 0 spiro atoms. The van der Waals surface area contributed by atoms with E-state index in [2.05, 4.69) is 15.9 Å². The number of nitrogens with zero attached hydrogens (tertiary/aromatic N) is 2. The summed E-state index contributed by atoms with van der Waals surface area (Å²) >= 11 is 3.28. The van der Waals surface area contributed by atoms with Crippen molar-refractivity contribution in [2.75, 3.05) is 38.3 Å². The maximum absolute atomic E-state index is 12.8. The molecule has 0 bridgehead atoms. The molecule has 1 saturated heterocycles. The number of benzene rings is 1.